The number of hydrogen-bond acceptors (Lipinski definition) is 2. The molecule has 1 atom stereocenters. The van der Waals surface area contributed by atoms with Crippen molar-refractivity contribution >= 4 is 15.9 Å². The molecule has 0 fully saturated rings. The summed E-state index contributed by atoms with van der Waals surface area (Å²) in [5.74, 6) is 0. The van der Waals surface area contributed by atoms with E-state index < -0.39 is 0 Å². The summed E-state index contributed by atoms with van der Waals surface area (Å²) in [5.41, 5.74) is 8.52. The van der Waals surface area contributed by atoms with Crippen LogP contribution in [-0.2, 0) is 5.41 Å². The zero-order chi connectivity index (χ0) is 9.64. The molecule has 0 amide bonds. The average molecular weight is 241 g/mol. The normalized spacial score (nSPS) is 24.5. The van der Waals surface area contributed by atoms with Gasteiger partial charge in [-0.3, -0.25) is 4.98 Å². The Morgan fingerprint density at radius 2 is 2.31 bits per heavy atom. The molecule has 2 rings (SSSR count). The van der Waals surface area contributed by atoms with Crippen molar-refractivity contribution in [3.63, 3.8) is 0 Å². The van der Waals surface area contributed by atoms with E-state index >= 15 is 0 Å². The van der Waals surface area contributed by atoms with Crippen molar-refractivity contribution in [1.82, 2.24) is 4.98 Å². The van der Waals surface area contributed by atoms with E-state index in [0.29, 0.717) is 0 Å². The minimum absolute atomic E-state index is 0.109. The average Bonchev–Trinajstić information content (AvgIpc) is 2.23. The number of nitrogens with zero attached hydrogens (tertiary/aromatic N) is 1. The predicted molar refractivity (Wildman–Crippen MR) is 56.5 cm³/mol. The van der Waals surface area contributed by atoms with E-state index in [0.717, 1.165) is 16.6 Å². The number of nitrogens with two attached hydrogens (primary N) is 1. The third-order valence-corrected chi connectivity index (χ3v) is 3.13. The molecule has 1 heterocycles. The highest BCUT2D eigenvalue weighted by molar-refractivity contribution is 9.10. The lowest BCUT2D eigenvalue weighted by molar-refractivity contribution is 0.480. The first-order valence-corrected chi connectivity index (χ1v) is 5.21. The number of pyridine rings is 1. The molecule has 3 heteroatoms. The molecule has 2 nitrogen and oxygen atoms in total. The molecule has 0 saturated carbocycles. The molecule has 0 saturated heterocycles. The van der Waals surface area contributed by atoms with Gasteiger partial charge in [0, 0.05) is 16.7 Å². The highest BCUT2D eigenvalue weighted by Gasteiger charge is 2.36. The molecule has 70 valence electrons. The van der Waals surface area contributed by atoms with Crippen molar-refractivity contribution < 1.29 is 0 Å². The van der Waals surface area contributed by atoms with Crippen molar-refractivity contribution in [3.05, 3.63) is 28.0 Å². The minimum Gasteiger partial charge on any atom is -0.323 e. The van der Waals surface area contributed by atoms with Crippen LogP contribution >= 0.6 is 15.9 Å². The molecule has 0 spiro atoms. The Balaban J connectivity index is 2.60. The van der Waals surface area contributed by atoms with Crippen molar-refractivity contribution in [2.24, 2.45) is 5.73 Å². The maximum absolute atomic E-state index is 5.99. The molecule has 1 aromatic rings. The monoisotopic (exact) mass is 240 g/mol. The Kier molecular flexibility index (Phi) is 1.96. The Morgan fingerprint density at radius 3 is 3.00 bits per heavy atom. The molecular weight excluding hydrogens is 228 g/mol. The molecule has 1 aliphatic carbocycles. The van der Waals surface area contributed by atoms with Gasteiger partial charge in [-0.05, 0) is 39.4 Å². The molecule has 0 aliphatic heterocycles. The van der Waals surface area contributed by atoms with Crippen LogP contribution in [0.4, 0.5) is 0 Å². The number of hydrogen-bond donors (Lipinski definition) is 1. The first-order valence-electron chi connectivity index (χ1n) is 4.42. The Labute approximate surface area is 86.7 Å². The van der Waals surface area contributed by atoms with Crippen molar-refractivity contribution in [2.45, 2.75) is 31.7 Å². The Morgan fingerprint density at radius 1 is 1.62 bits per heavy atom. The van der Waals surface area contributed by atoms with E-state index in [2.05, 4.69) is 40.8 Å². The van der Waals surface area contributed by atoms with Crippen LogP contribution in [0.2, 0.25) is 0 Å². The van der Waals surface area contributed by atoms with Gasteiger partial charge in [0.05, 0.1) is 5.69 Å². The largest absolute Gasteiger partial charge is 0.323 e. The second kappa shape index (κ2) is 2.79. The van der Waals surface area contributed by atoms with Gasteiger partial charge in [-0.2, -0.15) is 0 Å². The van der Waals surface area contributed by atoms with Crippen LogP contribution in [0.15, 0.2) is 16.7 Å². The van der Waals surface area contributed by atoms with Gasteiger partial charge in [-0.15, -0.1) is 0 Å². The van der Waals surface area contributed by atoms with Gasteiger partial charge in [0.15, 0.2) is 0 Å². The van der Waals surface area contributed by atoms with Crippen LogP contribution in [0.1, 0.15) is 37.6 Å². The number of aromatic nitrogens is 1. The smallest absolute Gasteiger partial charge is 0.0609 e. The summed E-state index contributed by atoms with van der Waals surface area (Å²) < 4.78 is 1.04. The third-order valence-electron chi connectivity index (χ3n) is 2.70. The topological polar surface area (TPSA) is 38.9 Å². The van der Waals surface area contributed by atoms with Crippen LogP contribution in [-0.4, -0.2) is 4.98 Å². The third kappa shape index (κ3) is 1.40. The standard InChI is InChI=1S/C10H13BrN2/c1-10(2)4-8(12)9-7(10)3-6(11)5-13-9/h3,5,8H,4,12H2,1-2H3. The predicted octanol–water partition coefficient (Wildman–Crippen LogP) is 2.53. The maximum Gasteiger partial charge on any atom is 0.0609 e. The summed E-state index contributed by atoms with van der Waals surface area (Å²) in [5, 5.41) is 0. The van der Waals surface area contributed by atoms with Crippen molar-refractivity contribution in [3.8, 4) is 0 Å². The van der Waals surface area contributed by atoms with Gasteiger partial charge < -0.3 is 5.73 Å². The number of fused-ring (bicyclic) bond motifs is 1. The molecule has 0 radical (unpaired) electrons. The van der Waals surface area contributed by atoms with E-state index in [1.165, 1.54) is 5.56 Å². The van der Waals surface area contributed by atoms with Gasteiger partial charge in [0.1, 0.15) is 0 Å². The minimum atomic E-state index is 0.109. The molecular formula is C10H13BrN2. The van der Waals surface area contributed by atoms with Gasteiger partial charge in [-0.25, -0.2) is 0 Å². The summed E-state index contributed by atoms with van der Waals surface area (Å²) in [6.07, 6.45) is 2.81. The second-order valence-electron chi connectivity index (χ2n) is 4.28. The van der Waals surface area contributed by atoms with E-state index in [9.17, 15) is 0 Å². The summed E-state index contributed by atoms with van der Waals surface area (Å²) >= 11 is 3.43. The molecule has 0 aromatic carbocycles. The van der Waals surface area contributed by atoms with E-state index in [-0.39, 0.29) is 11.5 Å². The van der Waals surface area contributed by atoms with E-state index in [4.69, 9.17) is 5.73 Å². The summed E-state index contributed by atoms with van der Waals surface area (Å²) in [6, 6.07) is 2.24. The molecule has 1 unspecified atom stereocenters. The van der Waals surface area contributed by atoms with Crippen LogP contribution in [0, 0.1) is 0 Å². The quantitative estimate of drug-likeness (QED) is 0.758. The number of halogens is 1. The van der Waals surface area contributed by atoms with Crippen LogP contribution in [0.5, 0.6) is 0 Å². The van der Waals surface area contributed by atoms with Crippen molar-refractivity contribution in [2.75, 3.05) is 0 Å². The van der Waals surface area contributed by atoms with Crippen LogP contribution < -0.4 is 5.73 Å². The number of rotatable bonds is 0. The fourth-order valence-electron chi connectivity index (χ4n) is 2.04. The summed E-state index contributed by atoms with van der Waals surface area (Å²) in [6.45, 7) is 4.43. The summed E-state index contributed by atoms with van der Waals surface area (Å²) in [4.78, 5) is 4.36. The first-order chi connectivity index (χ1) is 6.00. The Bertz CT molecular complexity index is 347. The van der Waals surface area contributed by atoms with E-state index in [1.807, 2.05) is 6.20 Å². The SMILES string of the molecule is CC1(C)CC(N)c2ncc(Br)cc21. The summed E-state index contributed by atoms with van der Waals surface area (Å²) in [7, 11) is 0. The lowest BCUT2D eigenvalue weighted by Gasteiger charge is -2.18. The second-order valence-corrected chi connectivity index (χ2v) is 5.20. The van der Waals surface area contributed by atoms with Crippen LogP contribution in [0.3, 0.4) is 0 Å². The maximum atomic E-state index is 5.99. The highest BCUT2D eigenvalue weighted by Crippen LogP contribution is 2.42. The Hall–Kier alpha value is -0.410. The zero-order valence-corrected chi connectivity index (χ0v) is 9.43. The van der Waals surface area contributed by atoms with Gasteiger partial charge in [-0.1, -0.05) is 13.8 Å². The van der Waals surface area contributed by atoms with Crippen LogP contribution in [0.25, 0.3) is 0 Å². The molecule has 0 bridgehead atoms. The van der Waals surface area contributed by atoms with Gasteiger partial charge >= 0.3 is 0 Å². The van der Waals surface area contributed by atoms with Gasteiger partial charge in [0.2, 0.25) is 0 Å². The van der Waals surface area contributed by atoms with E-state index in [1.54, 1.807) is 0 Å². The fourth-order valence-corrected chi connectivity index (χ4v) is 2.38. The lowest BCUT2D eigenvalue weighted by atomic mass is 9.87. The highest BCUT2D eigenvalue weighted by atomic mass is 79.9. The molecule has 2 N–H and O–H groups in total. The zero-order valence-electron chi connectivity index (χ0n) is 7.84. The molecule has 13 heavy (non-hydrogen) atoms. The molecule has 1 aliphatic rings. The van der Waals surface area contributed by atoms with Gasteiger partial charge in [0.25, 0.3) is 0 Å². The fraction of sp³-hybridized carbons (Fsp3) is 0.500. The van der Waals surface area contributed by atoms with Crippen molar-refractivity contribution in [1.29, 1.82) is 0 Å². The molecule has 1 aromatic heterocycles. The first kappa shape index (κ1) is 9.16. The lowest BCUT2D eigenvalue weighted by Crippen LogP contribution is -2.14.